The van der Waals surface area contributed by atoms with Crippen LogP contribution in [0.1, 0.15) is 53.4 Å². The molecule has 0 saturated heterocycles. The van der Waals surface area contributed by atoms with Gasteiger partial charge in [-0.25, -0.2) is 4.79 Å². The third-order valence-corrected chi connectivity index (χ3v) is 3.86. The standard InChI is InChI=1S/C15H23N5O2/c1-6-13(14-10(4)20-22-11(14)5)17-15(21)16-7-12-8(2)18-19-9(12)3/h13H,6-7H2,1-5H3,(H,18,19)(H2,16,17,21)/t13-/m1/s1. The molecule has 0 radical (unpaired) electrons. The molecule has 0 aliphatic carbocycles. The van der Waals surface area contributed by atoms with E-state index in [2.05, 4.69) is 26.0 Å². The number of amides is 2. The van der Waals surface area contributed by atoms with Crippen molar-refractivity contribution in [1.29, 1.82) is 0 Å². The number of aromatic nitrogens is 3. The zero-order valence-electron chi connectivity index (χ0n) is 13.7. The van der Waals surface area contributed by atoms with E-state index in [4.69, 9.17) is 4.52 Å². The maximum atomic E-state index is 12.1. The molecule has 0 unspecified atom stereocenters. The number of hydrogen-bond acceptors (Lipinski definition) is 4. The van der Waals surface area contributed by atoms with Gasteiger partial charge in [-0.05, 0) is 34.1 Å². The predicted molar refractivity (Wildman–Crippen MR) is 82.4 cm³/mol. The normalized spacial score (nSPS) is 12.2. The lowest BCUT2D eigenvalue weighted by Gasteiger charge is -2.17. The second-order valence-electron chi connectivity index (χ2n) is 5.44. The number of urea groups is 1. The van der Waals surface area contributed by atoms with Gasteiger partial charge in [-0.15, -0.1) is 0 Å². The summed E-state index contributed by atoms with van der Waals surface area (Å²) in [5.74, 6) is 0.742. The van der Waals surface area contributed by atoms with E-state index in [0.29, 0.717) is 6.54 Å². The van der Waals surface area contributed by atoms with Crippen molar-refractivity contribution in [3.63, 3.8) is 0 Å². The Kier molecular flexibility index (Phi) is 4.85. The molecule has 2 aromatic heterocycles. The Labute approximate surface area is 129 Å². The quantitative estimate of drug-likeness (QED) is 0.791. The van der Waals surface area contributed by atoms with Crippen molar-refractivity contribution in [2.75, 3.05) is 0 Å². The number of nitrogens with one attached hydrogen (secondary N) is 3. The van der Waals surface area contributed by atoms with Crippen molar-refractivity contribution in [1.82, 2.24) is 26.0 Å². The third kappa shape index (κ3) is 3.29. The molecule has 0 spiro atoms. The fourth-order valence-corrected chi connectivity index (χ4v) is 2.58. The average molecular weight is 305 g/mol. The van der Waals surface area contributed by atoms with Crippen LogP contribution in [0, 0.1) is 27.7 Å². The molecular weight excluding hydrogens is 282 g/mol. The van der Waals surface area contributed by atoms with E-state index in [1.807, 2.05) is 34.6 Å². The van der Waals surface area contributed by atoms with Gasteiger partial charge in [0.25, 0.3) is 0 Å². The van der Waals surface area contributed by atoms with Crippen LogP contribution in [-0.2, 0) is 6.54 Å². The van der Waals surface area contributed by atoms with Crippen molar-refractivity contribution >= 4 is 6.03 Å². The van der Waals surface area contributed by atoms with Gasteiger partial charge in [0.05, 0.1) is 17.4 Å². The molecule has 22 heavy (non-hydrogen) atoms. The number of aryl methyl sites for hydroxylation is 4. The van der Waals surface area contributed by atoms with E-state index in [9.17, 15) is 4.79 Å². The minimum absolute atomic E-state index is 0.113. The molecule has 0 fully saturated rings. The fraction of sp³-hybridized carbons (Fsp3) is 0.533. The van der Waals surface area contributed by atoms with Crippen molar-refractivity contribution in [2.45, 2.75) is 53.6 Å². The number of hydrogen-bond donors (Lipinski definition) is 3. The summed E-state index contributed by atoms with van der Waals surface area (Å²) >= 11 is 0. The number of H-pyrrole nitrogens is 1. The van der Waals surface area contributed by atoms with E-state index >= 15 is 0 Å². The molecular formula is C15H23N5O2. The second-order valence-corrected chi connectivity index (χ2v) is 5.44. The van der Waals surface area contributed by atoms with Crippen LogP contribution in [0.3, 0.4) is 0 Å². The molecule has 2 amide bonds. The van der Waals surface area contributed by atoms with E-state index in [-0.39, 0.29) is 12.1 Å². The molecule has 2 aromatic rings. The van der Waals surface area contributed by atoms with Gasteiger partial charge < -0.3 is 15.2 Å². The summed E-state index contributed by atoms with van der Waals surface area (Å²) < 4.78 is 5.18. The highest BCUT2D eigenvalue weighted by atomic mass is 16.5. The molecule has 7 heteroatoms. The van der Waals surface area contributed by atoms with Gasteiger partial charge in [0.2, 0.25) is 0 Å². The Hall–Kier alpha value is -2.31. The van der Waals surface area contributed by atoms with Crippen LogP contribution >= 0.6 is 0 Å². The van der Waals surface area contributed by atoms with E-state index < -0.39 is 0 Å². The van der Waals surface area contributed by atoms with Crippen LogP contribution in [0.2, 0.25) is 0 Å². The third-order valence-electron chi connectivity index (χ3n) is 3.86. The molecule has 3 N–H and O–H groups in total. The first-order valence-corrected chi connectivity index (χ1v) is 7.41. The predicted octanol–water partition coefficient (Wildman–Crippen LogP) is 2.58. The Morgan fingerprint density at radius 3 is 2.50 bits per heavy atom. The van der Waals surface area contributed by atoms with Crippen molar-refractivity contribution in [3.8, 4) is 0 Å². The van der Waals surface area contributed by atoms with Crippen LogP contribution < -0.4 is 10.6 Å². The number of nitrogens with zero attached hydrogens (tertiary/aromatic N) is 2. The van der Waals surface area contributed by atoms with Gasteiger partial charge in [0.1, 0.15) is 5.76 Å². The lowest BCUT2D eigenvalue weighted by molar-refractivity contribution is 0.236. The average Bonchev–Trinajstić information content (AvgIpc) is 2.98. The number of aromatic amines is 1. The summed E-state index contributed by atoms with van der Waals surface area (Å²) in [6, 6.07) is -0.329. The number of rotatable bonds is 5. The molecule has 0 aromatic carbocycles. The van der Waals surface area contributed by atoms with Crippen molar-refractivity contribution in [2.24, 2.45) is 0 Å². The highest BCUT2D eigenvalue weighted by molar-refractivity contribution is 5.74. The smallest absolute Gasteiger partial charge is 0.315 e. The highest BCUT2D eigenvalue weighted by Crippen LogP contribution is 2.23. The van der Waals surface area contributed by atoms with Gasteiger partial charge in [-0.1, -0.05) is 12.1 Å². The second kappa shape index (κ2) is 6.64. The summed E-state index contributed by atoms with van der Waals surface area (Å²) in [6.45, 7) is 10.0. The van der Waals surface area contributed by atoms with Gasteiger partial charge in [0, 0.05) is 23.4 Å². The van der Waals surface area contributed by atoms with Gasteiger partial charge >= 0.3 is 6.03 Å². The minimum Gasteiger partial charge on any atom is -0.361 e. The first-order chi connectivity index (χ1) is 10.4. The molecule has 120 valence electrons. The molecule has 0 aliphatic rings. The summed E-state index contributed by atoms with van der Waals surface area (Å²) in [5.41, 5.74) is 4.64. The molecule has 0 bridgehead atoms. The fourth-order valence-electron chi connectivity index (χ4n) is 2.58. The van der Waals surface area contributed by atoms with Crippen LogP contribution in [0.25, 0.3) is 0 Å². The van der Waals surface area contributed by atoms with E-state index in [0.717, 1.165) is 40.4 Å². The summed E-state index contributed by atoms with van der Waals surface area (Å²) in [7, 11) is 0. The lowest BCUT2D eigenvalue weighted by Crippen LogP contribution is -2.37. The zero-order valence-corrected chi connectivity index (χ0v) is 13.7. The van der Waals surface area contributed by atoms with Crippen LogP contribution in [0.5, 0.6) is 0 Å². The molecule has 1 atom stereocenters. The van der Waals surface area contributed by atoms with Crippen molar-refractivity contribution < 1.29 is 9.32 Å². The monoisotopic (exact) mass is 305 g/mol. The zero-order chi connectivity index (χ0) is 16.3. The van der Waals surface area contributed by atoms with Crippen LogP contribution in [0.15, 0.2) is 4.52 Å². The topological polar surface area (TPSA) is 95.8 Å². The van der Waals surface area contributed by atoms with Gasteiger partial charge in [-0.2, -0.15) is 5.10 Å². The van der Waals surface area contributed by atoms with Crippen LogP contribution in [-0.4, -0.2) is 21.4 Å². The van der Waals surface area contributed by atoms with Gasteiger partial charge in [-0.3, -0.25) is 5.10 Å². The molecule has 0 aliphatic heterocycles. The van der Waals surface area contributed by atoms with E-state index in [1.165, 1.54) is 0 Å². The Bertz CT molecular complexity index is 620. The first-order valence-electron chi connectivity index (χ1n) is 7.41. The van der Waals surface area contributed by atoms with E-state index in [1.54, 1.807) is 0 Å². The SMILES string of the molecule is CC[C@@H](NC(=O)NCc1c(C)n[nH]c1C)c1c(C)noc1C. The molecule has 2 heterocycles. The van der Waals surface area contributed by atoms with Gasteiger partial charge in [0.15, 0.2) is 0 Å². The summed E-state index contributed by atoms with van der Waals surface area (Å²) in [4.78, 5) is 12.1. The number of carbonyl (C=O) groups is 1. The van der Waals surface area contributed by atoms with Crippen LogP contribution in [0.4, 0.5) is 4.79 Å². The Balaban J connectivity index is 1.99. The Morgan fingerprint density at radius 1 is 1.27 bits per heavy atom. The Morgan fingerprint density at radius 2 is 2.00 bits per heavy atom. The van der Waals surface area contributed by atoms with Crippen molar-refractivity contribution in [3.05, 3.63) is 34.0 Å². The lowest BCUT2D eigenvalue weighted by atomic mass is 10.0. The summed E-state index contributed by atoms with van der Waals surface area (Å²) in [5, 5.41) is 16.8. The summed E-state index contributed by atoms with van der Waals surface area (Å²) in [6.07, 6.45) is 0.764. The molecule has 0 saturated carbocycles. The maximum absolute atomic E-state index is 12.1. The maximum Gasteiger partial charge on any atom is 0.315 e. The highest BCUT2D eigenvalue weighted by Gasteiger charge is 2.20. The number of carbonyl (C=O) groups excluding carboxylic acids is 1. The molecule has 2 rings (SSSR count). The minimum atomic E-state index is -0.216. The molecule has 7 nitrogen and oxygen atoms in total. The first kappa shape index (κ1) is 16.1. The largest absolute Gasteiger partial charge is 0.361 e.